The van der Waals surface area contributed by atoms with E-state index in [1.54, 1.807) is 13.8 Å². The van der Waals surface area contributed by atoms with Crippen molar-refractivity contribution in [2.45, 2.75) is 13.8 Å². The molecule has 0 radical (unpaired) electrons. The fourth-order valence-corrected chi connectivity index (χ4v) is 1.75. The third kappa shape index (κ3) is 2.58. The molecule has 0 unspecified atom stereocenters. The quantitative estimate of drug-likeness (QED) is 0.832. The Kier molecular flexibility index (Phi) is 3.53. The van der Waals surface area contributed by atoms with Gasteiger partial charge in [0.05, 0.1) is 5.69 Å². The van der Waals surface area contributed by atoms with Gasteiger partial charge in [-0.1, -0.05) is 18.2 Å². The highest BCUT2D eigenvalue weighted by molar-refractivity contribution is 5.55. The predicted octanol–water partition coefficient (Wildman–Crippen LogP) is 3.28. The first-order chi connectivity index (χ1) is 9.13. The summed E-state index contributed by atoms with van der Waals surface area (Å²) < 4.78 is 0. The van der Waals surface area contributed by atoms with Crippen molar-refractivity contribution in [1.82, 2.24) is 4.98 Å². The number of benzene rings is 1. The van der Waals surface area contributed by atoms with Gasteiger partial charge < -0.3 is 4.98 Å². The number of aromatic nitrogens is 1. The van der Waals surface area contributed by atoms with E-state index in [-0.39, 0.29) is 5.56 Å². The summed E-state index contributed by atoms with van der Waals surface area (Å²) in [5.41, 5.74) is 2.07. The second-order valence-electron chi connectivity index (χ2n) is 4.08. The van der Waals surface area contributed by atoms with Gasteiger partial charge in [-0.25, -0.2) is 0 Å². The molecule has 0 bridgehead atoms. The lowest BCUT2D eigenvalue weighted by Gasteiger charge is -2.04. The summed E-state index contributed by atoms with van der Waals surface area (Å²) in [7, 11) is 0. The van der Waals surface area contributed by atoms with Crippen molar-refractivity contribution in [3.8, 4) is 6.07 Å². The Morgan fingerprint density at radius 1 is 1.16 bits per heavy atom. The summed E-state index contributed by atoms with van der Waals surface area (Å²) in [5, 5.41) is 17.2. The average molecular weight is 252 g/mol. The lowest BCUT2D eigenvalue weighted by Crippen LogP contribution is -2.13. The summed E-state index contributed by atoms with van der Waals surface area (Å²) >= 11 is 0. The van der Waals surface area contributed by atoms with E-state index >= 15 is 0 Å². The molecule has 0 spiro atoms. The molecule has 1 aromatic heterocycles. The van der Waals surface area contributed by atoms with E-state index in [4.69, 9.17) is 5.26 Å². The number of rotatable bonds is 2. The van der Waals surface area contributed by atoms with Crippen LogP contribution in [0.1, 0.15) is 16.8 Å². The fraction of sp³-hybridized carbons (Fsp3) is 0.143. The maximum atomic E-state index is 11.6. The van der Waals surface area contributed by atoms with Gasteiger partial charge in [0, 0.05) is 11.3 Å². The fourth-order valence-electron chi connectivity index (χ4n) is 1.75. The van der Waals surface area contributed by atoms with Gasteiger partial charge in [0.2, 0.25) is 0 Å². The Balaban J connectivity index is 2.50. The molecule has 1 heterocycles. The molecule has 19 heavy (non-hydrogen) atoms. The van der Waals surface area contributed by atoms with Crippen molar-refractivity contribution in [1.29, 1.82) is 5.26 Å². The first kappa shape index (κ1) is 12.7. The third-order valence-electron chi connectivity index (χ3n) is 2.75. The number of aromatic amines is 1. The van der Waals surface area contributed by atoms with Crippen LogP contribution in [-0.2, 0) is 0 Å². The van der Waals surface area contributed by atoms with Crippen molar-refractivity contribution in [2.24, 2.45) is 10.2 Å². The van der Waals surface area contributed by atoms with E-state index in [1.807, 2.05) is 36.4 Å². The number of hydrogen-bond donors (Lipinski definition) is 1. The number of nitrogens with zero attached hydrogens (tertiary/aromatic N) is 3. The molecular formula is C14H12N4O. The molecule has 1 aromatic carbocycles. The second-order valence-corrected chi connectivity index (χ2v) is 4.08. The third-order valence-corrected chi connectivity index (χ3v) is 2.75. The van der Waals surface area contributed by atoms with Crippen molar-refractivity contribution >= 4 is 11.4 Å². The number of azo groups is 1. The van der Waals surface area contributed by atoms with E-state index < -0.39 is 5.56 Å². The molecule has 0 aliphatic heterocycles. The van der Waals surface area contributed by atoms with Crippen LogP contribution in [0.5, 0.6) is 0 Å². The first-order valence-electron chi connectivity index (χ1n) is 5.74. The van der Waals surface area contributed by atoms with E-state index in [0.717, 1.165) is 0 Å². The van der Waals surface area contributed by atoms with Crippen LogP contribution in [0.15, 0.2) is 45.4 Å². The van der Waals surface area contributed by atoms with E-state index in [2.05, 4.69) is 15.2 Å². The lowest BCUT2D eigenvalue weighted by atomic mass is 10.1. The summed E-state index contributed by atoms with van der Waals surface area (Å²) in [6.07, 6.45) is 0. The summed E-state index contributed by atoms with van der Waals surface area (Å²) in [5.74, 6) is 0. The molecule has 94 valence electrons. The topological polar surface area (TPSA) is 81.4 Å². The number of hydrogen-bond acceptors (Lipinski definition) is 4. The number of nitrogens with one attached hydrogen (secondary N) is 1. The van der Waals surface area contributed by atoms with E-state index in [0.29, 0.717) is 22.6 Å². The average Bonchev–Trinajstić information content (AvgIpc) is 2.39. The van der Waals surface area contributed by atoms with Gasteiger partial charge in [-0.3, -0.25) is 4.79 Å². The van der Waals surface area contributed by atoms with Crippen molar-refractivity contribution < 1.29 is 0 Å². The normalized spacial score (nSPS) is 10.6. The molecule has 5 heteroatoms. The molecule has 0 atom stereocenters. The van der Waals surface area contributed by atoms with Crippen LogP contribution in [0.3, 0.4) is 0 Å². The minimum Gasteiger partial charge on any atom is -0.323 e. The van der Waals surface area contributed by atoms with Gasteiger partial charge in [-0.15, -0.1) is 5.11 Å². The van der Waals surface area contributed by atoms with Gasteiger partial charge >= 0.3 is 0 Å². The van der Waals surface area contributed by atoms with Gasteiger partial charge in [0.1, 0.15) is 17.3 Å². The van der Waals surface area contributed by atoms with E-state index in [9.17, 15) is 4.79 Å². The molecule has 0 saturated heterocycles. The van der Waals surface area contributed by atoms with Crippen LogP contribution in [-0.4, -0.2) is 4.98 Å². The Hall–Kier alpha value is -2.74. The Morgan fingerprint density at radius 2 is 1.84 bits per heavy atom. The van der Waals surface area contributed by atoms with Gasteiger partial charge in [-0.2, -0.15) is 10.4 Å². The maximum Gasteiger partial charge on any atom is 0.266 e. The molecule has 0 fully saturated rings. The zero-order chi connectivity index (χ0) is 13.8. The highest BCUT2D eigenvalue weighted by Gasteiger charge is 2.11. The molecule has 0 aliphatic carbocycles. The standard InChI is InChI=1S/C14H12N4O/c1-9-12(8-15)14(19)16-10(2)13(9)18-17-11-6-4-3-5-7-11/h3-7H,1-2H3,(H,16,19). The zero-order valence-electron chi connectivity index (χ0n) is 10.6. The Morgan fingerprint density at radius 3 is 2.47 bits per heavy atom. The number of aryl methyl sites for hydroxylation is 1. The van der Waals surface area contributed by atoms with Crippen molar-refractivity contribution in [2.75, 3.05) is 0 Å². The smallest absolute Gasteiger partial charge is 0.266 e. The highest BCUT2D eigenvalue weighted by atomic mass is 16.1. The Bertz CT molecular complexity index is 724. The molecule has 0 aliphatic rings. The second kappa shape index (κ2) is 5.27. The molecule has 0 amide bonds. The van der Waals surface area contributed by atoms with Gasteiger partial charge in [0.15, 0.2) is 0 Å². The molecular weight excluding hydrogens is 240 g/mol. The highest BCUT2D eigenvalue weighted by Crippen LogP contribution is 2.24. The van der Waals surface area contributed by atoms with Crippen LogP contribution < -0.4 is 5.56 Å². The van der Waals surface area contributed by atoms with E-state index in [1.165, 1.54) is 0 Å². The minimum absolute atomic E-state index is 0.0765. The number of nitriles is 1. The largest absolute Gasteiger partial charge is 0.323 e. The van der Waals surface area contributed by atoms with Gasteiger partial charge in [0.25, 0.3) is 5.56 Å². The predicted molar refractivity (Wildman–Crippen MR) is 71.9 cm³/mol. The molecule has 2 aromatic rings. The van der Waals surface area contributed by atoms with Crippen LogP contribution in [0.2, 0.25) is 0 Å². The summed E-state index contributed by atoms with van der Waals surface area (Å²) in [4.78, 5) is 14.2. The molecule has 1 N–H and O–H groups in total. The van der Waals surface area contributed by atoms with Crippen molar-refractivity contribution in [3.63, 3.8) is 0 Å². The van der Waals surface area contributed by atoms with Crippen LogP contribution in [0.25, 0.3) is 0 Å². The zero-order valence-corrected chi connectivity index (χ0v) is 10.6. The summed E-state index contributed by atoms with van der Waals surface area (Å²) in [6, 6.07) is 11.2. The minimum atomic E-state index is -0.392. The van der Waals surface area contributed by atoms with Crippen LogP contribution >= 0.6 is 0 Å². The number of pyridine rings is 1. The van der Waals surface area contributed by atoms with Crippen molar-refractivity contribution in [3.05, 3.63) is 57.5 Å². The monoisotopic (exact) mass is 252 g/mol. The van der Waals surface area contributed by atoms with Crippen LogP contribution in [0, 0.1) is 25.2 Å². The molecule has 0 saturated carbocycles. The SMILES string of the molecule is Cc1[nH]c(=O)c(C#N)c(C)c1N=Nc1ccccc1. The lowest BCUT2D eigenvalue weighted by molar-refractivity contribution is 1.07. The summed E-state index contributed by atoms with van der Waals surface area (Å²) in [6.45, 7) is 3.43. The molecule has 5 nitrogen and oxygen atoms in total. The molecule has 2 rings (SSSR count). The van der Waals surface area contributed by atoms with Crippen LogP contribution in [0.4, 0.5) is 11.4 Å². The first-order valence-corrected chi connectivity index (χ1v) is 5.74. The number of H-pyrrole nitrogens is 1. The Labute approximate surface area is 110 Å². The van der Waals surface area contributed by atoms with Gasteiger partial charge in [-0.05, 0) is 26.0 Å². The maximum absolute atomic E-state index is 11.6.